The van der Waals surface area contributed by atoms with Gasteiger partial charge in [0.25, 0.3) is 5.91 Å². The van der Waals surface area contributed by atoms with Crippen LogP contribution in [0.4, 0.5) is 0 Å². The summed E-state index contributed by atoms with van der Waals surface area (Å²) in [5.41, 5.74) is 4.32. The lowest BCUT2D eigenvalue weighted by atomic mass is 9.73. The first kappa shape index (κ1) is 25.5. The van der Waals surface area contributed by atoms with Gasteiger partial charge in [-0.15, -0.1) is 0 Å². The first-order valence-corrected chi connectivity index (χ1v) is 13.6. The minimum Gasteiger partial charge on any atom is -0.492 e. The van der Waals surface area contributed by atoms with Crippen molar-refractivity contribution in [2.75, 3.05) is 32.8 Å². The molecule has 7 heteroatoms. The molecule has 1 aromatic carbocycles. The minimum atomic E-state index is 0.118. The van der Waals surface area contributed by atoms with Crippen LogP contribution in [-0.2, 0) is 20.0 Å². The van der Waals surface area contributed by atoms with Gasteiger partial charge in [-0.2, -0.15) is 5.10 Å². The van der Waals surface area contributed by atoms with Crippen molar-refractivity contribution in [3.8, 4) is 5.75 Å². The molecule has 0 radical (unpaired) electrons. The number of hydrogen-bond donors (Lipinski definition) is 0. The fraction of sp³-hybridized carbons (Fsp3) is 0.500. The summed E-state index contributed by atoms with van der Waals surface area (Å²) in [6.07, 6.45) is 12.3. The fourth-order valence-electron chi connectivity index (χ4n) is 6.04. The monoisotopic (exact) mass is 501 g/mol. The predicted octanol–water partition coefficient (Wildman–Crippen LogP) is 4.65. The van der Waals surface area contributed by atoms with E-state index in [9.17, 15) is 4.79 Å². The quantitative estimate of drug-likeness (QED) is 0.523. The van der Waals surface area contributed by atoms with Crippen molar-refractivity contribution in [2.45, 2.75) is 52.0 Å². The molecule has 0 atom stereocenters. The Bertz CT molecular complexity index is 1180. The first-order chi connectivity index (χ1) is 18.0. The molecule has 1 amide bonds. The Morgan fingerprint density at radius 1 is 1.03 bits per heavy atom. The molecule has 1 fully saturated rings. The highest BCUT2D eigenvalue weighted by molar-refractivity contribution is 5.95. The van der Waals surface area contributed by atoms with Crippen LogP contribution in [-0.4, -0.2) is 63.3 Å². The van der Waals surface area contributed by atoms with E-state index in [4.69, 9.17) is 4.74 Å². The Balaban J connectivity index is 1.33. The number of benzene rings is 1. The molecule has 2 aliphatic heterocycles. The van der Waals surface area contributed by atoms with Gasteiger partial charge in [0.15, 0.2) is 0 Å². The van der Waals surface area contributed by atoms with Gasteiger partial charge in [0.05, 0.1) is 11.3 Å². The molecule has 0 N–H and O–H groups in total. The van der Waals surface area contributed by atoms with Gasteiger partial charge in [0, 0.05) is 58.4 Å². The third-order valence-corrected chi connectivity index (χ3v) is 8.11. The number of rotatable bonds is 3. The summed E-state index contributed by atoms with van der Waals surface area (Å²) in [6.45, 7) is 6.97. The van der Waals surface area contributed by atoms with E-state index in [-0.39, 0.29) is 11.3 Å². The van der Waals surface area contributed by atoms with Crippen molar-refractivity contribution in [3.05, 3.63) is 77.4 Å². The largest absolute Gasteiger partial charge is 0.492 e. The maximum atomic E-state index is 13.3. The maximum absolute atomic E-state index is 13.3. The third kappa shape index (κ3) is 6.21. The number of likely N-dealkylation sites (tertiary alicyclic amines) is 1. The highest BCUT2D eigenvalue weighted by Gasteiger charge is 2.37. The van der Waals surface area contributed by atoms with Gasteiger partial charge in [-0.1, -0.05) is 24.6 Å². The Morgan fingerprint density at radius 2 is 1.81 bits per heavy atom. The van der Waals surface area contributed by atoms with Crippen molar-refractivity contribution in [1.82, 2.24) is 24.6 Å². The molecule has 196 valence electrons. The highest BCUT2D eigenvalue weighted by Crippen LogP contribution is 2.39. The zero-order valence-corrected chi connectivity index (χ0v) is 22.2. The number of ether oxygens (including phenoxy) is 1. The van der Waals surface area contributed by atoms with Crippen LogP contribution >= 0.6 is 0 Å². The first-order valence-electron chi connectivity index (χ1n) is 13.6. The average Bonchev–Trinajstić information content (AvgIpc) is 3.25. The summed E-state index contributed by atoms with van der Waals surface area (Å²) >= 11 is 0. The fourth-order valence-corrected chi connectivity index (χ4v) is 6.04. The number of para-hydroxylation sites is 1. The van der Waals surface area contributed by atoms with Gasteiger partial charge in [-0.05, 0) is 73.8 Å². The van der Waals surface area contributed by atoms with Gasteiger partial charge in [0.1, 0.15) is 12.4 Å². The van der Waals surface area contributed by atoms with Gasteiger partial charge in [0.2, 0.25) is 0 Å². The number of amides is 1. The molecular weight excluding hydrogens is 462 g/mol. The number of aromatic nitrogens is 3. The van der Waals surface area contributed by atoms with Crippen LogP contribution < -0.4 is 4.74 Å². The Hall–Kier alpha value is -3.19. The molecule has 0 aliphatic carbocycles. The van der Waals surface area contributed by atoms with Crippen LogP contribution in [0.3, 0.4) is 0 Å². The van der Waals surface area contributed by atoms with Crippen LogP contribution in [0.5, 0.6) is 5.75 Å². The summed E-state index contributed by atoms with van der Waals surface area (Å²) in [5, 5.41) is 4.38. The zero-order chi connectivity index (χ0) is 25.7. The molecular formula is C30H39N5O2. The predicted molar refractivity (Wildman–Crippen MR) is 145 cm³/mol. The van der Waals surface area contributed by atoms with E-state index in [2.05, 4.69) is 51.4 Å². The molecule has 2 aliphatic rings. The summed E-state index contributed by atoms with van der Waals surface area (Å²) < 4.78 is 8.03. The van der Waals surface area contributed by atoms with Crippen molar-refractivity contribution in [2.24, 2.45) is 12.5 Å². The van der Waals surface area contributed by atoms with Crippen LogP contribution in [0.2, 0.25) is 0 Å². The molecule has 5 rings (SSSR count). The lowest BCUT2D eigenvalue weighted by molar-refractivity contribution is 0.0360. The van der Waals surface area contributed by atoms with Crippen LogP contribution in [0.1, 0.15) is 59.3 Å². The number of carbonyl (C=O) groups is 1. The number of carbonyl (C=O) groups excluding carboxylic acids is 1. The van der Waals surface area contributed by atoms with Crippen LogP contribution in [0.25, 0.3) is 0 Å². The maximum Gasteiger partial charge on any atom is 0.257 e. The van der Waals surface area contributed by atoms with E-state index in [0.717, 1.165) is 75.4 Å². The smallest absolute Gasteiger partial charge is 0.257 e. The summed E-state index contributed by atoms with van der Waals surface area (Å²) in [7, 11) is 1.87. The normalized spacial score (nSPS) is 18.9. The van der Waals surface area contributed by atoms with Gasteiger partial charge < -0.3 is 9.64 Å². The molecule has 0 unspecified atom stereocenters. The number of aryl methyl sites for hydroxylation is 3. The molecule has 1 saturated heterocycles. The molecule has 4 heterocycles. The molecule has 2 aromatic heterocycles. The third-order valence-electron chi connectivity index (χ3n) is 8.11. The van der Waals surface area contributed by atoms with Crippen molar-refractivity contribution in [1.29, 1.82) is 0 Å². The SMILES string of the molecule is Cc1nn(C)cc1C(=O)N1CCC2(CCCCc3ccccc3OCCN(Cc3ccncc3)C2)CC1. The van der Waals surface area contributed by atoms with Gasteiger partial charge >= 0.3 is 0 Å². The summed E-state index contributed by atoms with van der Waals surface area (Å²) in [4.78, 5) is 22.1. The molecule has 37 heavy (non-hydrogen) atoms. The second-order valence-electron chi connectivity index (χ2n) is 10.8. The van der Waals surface area contributed by atoms with E-state index in [1.807, 2.05) is 37.5 Å². The zero-order valence-electron chi connectivity index (χ0n) is 22.2. The lowest BCUT2D eigenvalue weighted by Gasteiger charge is -2.45. The number of hydrogen-bond acceptors (Lipinski definition) is 5. The molecule has 7 nitrogen and oxygen atoms in total. The van der Waals surface area contributed by atoms with Gasteiger partial charge in [-0.25, -0.2) is 0 Å². The molecule has 1 spiro atoms. The standard InChI is InChI=1S/C30H39N5O2/c1-24-27(22-33(2)32-24)29(36)35-17-13-30(14-18-35)12-6-5-8-26-7-3-4-9-28(26)37-20-19-34(23-30)21-25-10-15-31-16-11-25/h3-4,7,9-11,15-16,22H,5-6,8,12-14,17-21,23H2,1-2H3. The molecule has 3 aromatic rings. The Labute approximate surface area is 220 Å². The molecule has 0 saturated carbocycles. The number of pyridine rings is 1. The summed E-state index contributed by atoms with van der Waals surface area (Å²) in [6, 6.07) is 12.7. The van der Waals surface area contributed by atoms with Crippen LogP contribution in [0, 0.1) is 12.3 Å². The average molecular weight is 502 g/mol. The van der Waals surface area contributed by atoms with E-state index in [0.29, 0.717) is 6.61 Å². The Morgan fingerprint density at radius 3 is 2.57 bits per heavy atom. The van der Waals surface area contributed by atoms with E-state index >= 15 is 0 Å². The van der Waals surface area contributed by atoms with Crippen molar-refractivity contribution < 1.29 is 9.53 Å². The highest BCUT2D eigenvalue weighted by atomic mass is 16.5. The number of fused-ring (bicyclic) bond motifs is 1. The van der Waals surface area contributed by atoms with E-state index in [1.54, 1.807) is 4.68 Å². The topological polar surface area (TPSA) is 63.5 Å². The minimum absolute atomic E-state index is 0.118. The lowest BCUT2D eigenvalue weighted by Crippen LogP contribution is -2.48. The number of piperidine rings is 1. The summed E-state index contributed by atoms with van der Waals surface area (Å²) in [5.74, 6) is 1.14. The second-order valence-corrected chi connectivity index (χ2v) is 10.8. The van der Waals surface area contributed by atoms with Crippen LogP contribution in [0.15, 0.2) is 55.0 Å². The van der Waals surface area contributed by atoms with Gasteiger partial charge in [-0.3, -0.25) is 19.4 Å². The van der Waals surface area contributed by atoms with E-state index < -0.39 is 0 Å². The number of nitrogens with zero attached hydrogens (tertiary/aromatic N) is 5. The second kappa shape index (κ2) is 11.5. The van der Waals surface area contributed by atoms with Crippen molar-refractivity contribution in [3.63, 3.8) is 0 Å². The molecule has 0 bridgehead atoms. The van der Waals surface area contributed by atoms with Crippen molar-refractivity contribution >= 4 is 5.91 Å². The Kier molecular flexibility index (Phi) is 7.89. The van der Waals surface area contributed by atoms with E-state index in [1.165, 1.54) is 24.0 Å².